The smallest absolute Gasteiger partial charge is 0.211 e. The van der Waals surface area contributed by atoms with E-state index in [0.29, 0.717) is 25.5 Å². The molecule has 0 radical (unpaired) electrons. The molecule has 1 rings (SSSR count). The van der Waals surface area contributed by atoms with Crippen molar-refractivity contribution < 1.29 is 13.2 Å². The maximum atomic E-state index is 11.3. The Balaban J connectivity index is 0.00000625. The number of guanidine groups is 1. The summed E-state index contributed by atoms with van der Waals surface area (Å²) in [6.07, 6.45) is 1.51. The van der Waals surface area contributed by atoms with E-state index in [4.69, 9.17) is 4.74 Å². The second-order valence-electron chi connectivity index (χ2n) is 5.64. The summed E-state index contributed by atoms with van der Waals surface area (Å²) in [4.78, 5) is 4.17. The second kappa shape index (κ2) is 13.2. The van der Waals surface area contributed by atoms with E-state index in [1.54, 1.807) is 21.1 Å². The van der Waals surface area contributed by atoms with Gasteiger partial charge in [0.15, 0.2) is 5.96 Å². The van der Waals surface area contributed by atoms with Crippen LogP contribution in [-0.4, -0.2) is 53.9 Å². The second-order valence-corrected chi connectivity index (χ2v) is 7.74. The number of methoxy groups -OCH3 is 1. The molecular weight excluding hydrogens is 467 g/mol. The molecule has 0 amide bonds. The quantitative estimate of drug-likeness (QED) is 0.198. The van der Waals surface area contributed by atoms with Crippen molar-refractivity contribution in [3.63, 3.8) is 0 Å². The van der Waals surface area contributed by atoms with Gasteiger partial charge in [0.05, 0.1) is 12.9 Å². The van der Waals surface area contributed by atoms with E-state index in [-0.39, 0.29) is 29.7 Å². The van der Waals surface area contributed by atoms with Gasteiger partial charge in [-0.15, -0.1) is 24.0 Å². The molecule has 0 bridgehead atoms. The van der Waals surface area contributed by atoms with Crippen molar-refractivity contribution in [2.45, 2.75) is 26.7 Å². The molecule has 7 nitrogen and oxygen atoms in total. The highest BCUT2D eigenvalue weighted by Gasteiger charge is 2.06. The summed E-state index contributed by atoms with van der Waals surface area (Å²) in [6, 6.07) is 6.13. The molecule has 0 aliphatic carbocycles. The van der Waals surface area contributed by atoms with E-state index in [2.05, 4.69) is 33.3 Å². The Morgan fingerprint density at radius 1 is 1.19 bits per heavy atom. The molecule has 1 aromatic carbocycles. The lowest BCUT2D eigenvalue weighted by Crippen LogP contribution is -2.39. The molecule has 0 atom stereocenters. The number of sulfonamides is 1. The molecule has 0 fully saturated rings. The highest BCUT2D eigenvalue weighted by Crippen LogP contribution is 2.19. The van der Waals surface area contributed by atoms with Crippen LogP contribution in [0, 0.1) is 6.92 Å². The summed E-state index contributed by atoms with van der Waals surface area (Å²) in [5.74, 6) is 1.69. The van der Waals surface area contributed by atoms with Crippen LogP contribution in [0.1, 0.15) is 24.5 Å². The third-order valence-corrected chi connectivity index (χ3v) is 5.10. The minimum atomic E-state index is -3.12. The number of hydrogen-bond acceptors (Lipinski definition) is 4. The minimum Gasteiger partial charge on any atom is -0.496 e. The van der Waals surface area contributed by atoms with Crippen LogP contribution in [0.25, 0.3) is 0 Å². The van der Waals surface area contributed by atoms with Gasteiger partial charge in [0, 0.05) is 26.7 Å². The van der Waals surface area contributed by atoms with E-state index in [0.717, 1.165) is 24.3 Å². The molecule has 9 heteroatoms. The Hall–Kier alpha value is -1.07. The van der Waals surface area contributed by atoms with Crippen LogP contribution in [0.2, 0.25) is 0 Å². The Morgan fingerprint density at radius 2 is 1.88 bits per heavy atom. The molecule has 0 saturated carbocycles. The van der Waals surface area contributed by atoms with Gasteiger partial charge in [0.2, 0.25) is 10.0 Å². The Morgan fingerprint density at radius 3 is 2.50 bits per heavy atom. The number of benzene rings is 1. The lowest BCUT2D eigenvalue weighted by atomic mass is 10.1. The van der Waals surface area contributed by atoms with Crippen LogP contribution in [0.15, 0.2) is 23.2 Å². The van der Waals surface area contributed by atoms with Crippen LogP contribution in [0.3, 0.4) is 0 Å². The van der Waals surface area contributed by atoms with Gasteiger partial charge >= 0.3 is 0 Å². The first-order valence-electron chi connectivity index (χ1n) is 8.47. The van der Waals surface area contributed by atoms with Gasteiger partial charge in [-0.3, -0.25) is 4.99 Å². The average molecular weight is 498 g/mol. The molecule has 0 unspecified atom stereocenters. The predicted octanol–water partition coefficient (Wildman–Crippen LogP) is 1.66. The summed E-state index contributed by atoms with van der Waals surface area (Å²) in [5.41, 5.74) is 2.35. The molecule has 0 aliphatic rings. The van der Waals surface area contributed by atoms with Crippen LogP contribution < -0.4 is 20.1 Å². The monoisotopic (exact) mass is 498 g/mol. The predicted molar refractivity (Wildman–Crippen MR) is 118 cm³/mol. The average Bonchev–Trinajstić information content (AvgIpc) is 2.60. The number of aryl methyl sites for hydroxylation is 1. The van der Waals surface area contributed by atoms with Crippen molar-refractivity contribution >= 4 is 40.0 Å². The van der Waals surface area contributed by atoms with E-state index in [1.165, 1.54) is 5.56 Å². The summed E-state index contributed by atoms with van der Waals surface area (Å²) in [5, 5.41) is 6.42. The molecule has 0 aliphatic heterocycles. The zero-order valence-electron chi connectivity index (χ0n) is 16.0. The molecule has 26 heavy (non-hydrogen) atoms. The third kappa shape index (κ3) is 9.58. The molecule has 0 spiro atoms. The van der Waals surface area contributed by atoms with Gasteiger partial charge in [-0.2, -0.15) is 0 Å². The highest BCUT2D eigenvalue weighted by atomic mass is 127. The van der Waals surface area contributed by atoms with Crippen LogP contribution >= 0.6 is 24.0 Å². The van der Waals surface area contributed by atoms with Crippen molar-refractivity contribution in [1.82, 2.24) is 15.4 Å². The SMILES string of the molecule is CCS(=O)(=O)NCCCNC(=NC)NCCc1cc(C)ccc1OC.I. The third-order valence-electron chi connectivity index (χ3n) is 3.69. The number of aliphatic imine (C=N–C) groups is 1. The van der Waals surface area contributed by atoms with Gasteiger partial charge in [-0.25, -0.2) is 13.1 Å². The number of nitrogens with one attached hydrogen (secondary N) is 3. The topological polar surface area (TPSA) is 91.8 Å². The minimum absolute atomic E-state index is 0. The molecule has 150 valence electrons. The number of nitrogens with zero attached hydrogens (tertiary/aromatic N) is 1. The Bertz CT molecular complexity index is 666. The van der Waals surface area contributed by atoms with Crippen LogP contribution in [0.5, 0.6) is 5.75 Å². The van der Waals surface area contributed by atoms with Crippen LogP contribution in [-0.2, 0) is 16.4 Å². The highest BCUT2D eigenvalue weighted by molar-refractivity contribution is 14.0. The molecular formula is C17H31IN4O3S. The van der Waals surface area contributed by atoms with Crippen molar-refractivity contribution in [3.8, 4) is 5.75 Å². The Kier molecular flexibility index (Phi) is 12.6. The van der Waals surface area contributed by atoms with Crippen molar-refractivity contribution in [3.05, 3.63) is 29.3 Å². The Labute approximate surface area is 174 Å². The number of ether oxygens (including phenoxy) is 1. The zero-order chi connectivity index (χ0) is 18.7. The molecule has 3 N–H and O–H groups in total. The van der Waals surface area contributed by atoms with Gasteiger partial charge < -0.3 is 15.4 Å². The van der Waals surface area contributed by atoms with Gasteiger partial charge in [0.1, 0.15) is 5.75 Å². The summed E-state index contributed by atoms with van der Waals surface area (Å²) in [7, 11) is 0.270. The molecule has 0 saturated heterocycles. The van der Waals surface area contributed by atoms with Crippen molar-refractivity contribution in [2.24, 2.45) is 4.99 Å². The molecule has 1 aromatic rings. The van der Waals surface area contributed by atoms with E-state index >= 15 is 0 Å². The molecule has 0 aromatic heterocycles. The summed E-state index contributed by atoms with van der Waals surface area (Å²) < 4.78 is 30.6. The zero-order valence-corrected chi connectivity index (χ0v) is 19.1. The fourth-order valence-corrected chi connectivity index (χ4v) is 2.92. The van der Waals surface area contributed by atoms with Crippen molar-refractivity contribution in [2.75, 3.05) is 39.5 Å². The normalized spacial score (nSPS) is 11.6. The standard InChI is InChI=1S/C17H30N4O3S.HI/c1-5-25(22,23)21-11-6-10-19-17(18-3)20-12-9-15-13-14(2)7-8-16(15)24-4;/h7-8,13,21H,5-6,9-12H2,1-4H3,(H2,18,19,20);1H. The van der Waals surface area contributed by atoms with Gasteiger partial charge in [-0.05, 0) is 38.3 Å². The summed E-state index contributed by atoms with van der Waals surface area (Å²) in [6.45, 7) is 5.46. The number of hydrogen-bond donors (Lipinski definition) is 3. The first-order chi connectivity index (χ1) is 11.9. The van der Waals surface area contributed by atoms with Crippen molar-refractivity contribution in [1.29, 1.82) is 0 Å². The molecule has 0 heterocycles. The maximum Gasteiger partial charge on any atom is 0.211 e. The number of halogens is 1. The number of rotatable bonds is 10. The van der Waals surface area contributed by atoms with Crippen LogP contribution in [0.4, 0.5) is 0 Å². The lowest BCUT2D eigenvalue weighted by Gasteiger charge is -2.13. The fourth-order valence-electron chi connectivity index (χ4n) is 2.26. The maximum absolute atomic E-state index is 11.3. The largest absolute Gasteiger partial charge is 0.496 e. The first-order valence-corrected chi connectivity index (χ1v) is 10.1. The first kappa shape index (κ1) is 24.9. The summed E-state index contributed by atoms with van der Waals surface area (Å²) >= 11 is 0. The lowest BCUT2D eigenvalue weighted by molar-refractivity contribution is 0.409. The van der Waals surface area contributed by atoms with Gasteiger partial charge in [0.25, 0.3) is 0 Å². The van der Waals surface area contributed by atoms with E-state index in [9.17, 15) is 8.42 Å². The van der Waals surface area contributed by atoms with E-state index < -0.39 is 10.0 Å². The fraction of sp³-hybridized carbons (Fsp3) is 0.588. The van der Waals surface area contributed by atoms with E-state index in [1.807, 2.05) is 12.1 Å². The van der Waals surface area contributed by atoms with Gasteiger partial charge in [-0.1, -0.05) is 17.7 Å².